The average Bonchev–Trinajstić information content (AvgIpc) is 3.27. The summed E-state index contributed by atoms with van der Waals surface area (Å²) in [5, 5.41) is 7.54. The lowest BCUT2D eigenvalue weighted by Crippen LogP contribution is -2.11. The first-order valence-electron chi connectivity index (χ1n) is 18.9. The molecule has 0 bridgehead atoms. The van der Waals surface area contributed by atoms with Gasteiger partial charge in [-0.05, 0) is 114 Å². The van der Waals surface area contributed by atoms with Gasteiger partial charge in [0.2, 0.25) is 0 Å². The number of anilines is 3. The van der Waals surface area contributed by atoms with E-state index in [2.05, 4.69) is 229 Å². The molecule has 1 heteroatoms. The monoisotopic (exact) mass is 699 g/mol. The zero-order chi connectivity index (χ0) is 36.6. The minimum atomic E-state index is 1.09. The molecule has 0 atom stereocenters. The predicted octanol–water partition coefficient (Wildman–Crippen LogP) is 15.3. The topological polar surface area (TPSA) is 3.24 Å². The second-order valence-corrected chi connectivity index (χ2v) is 14.1. The maximum absolute atomic E-state index is 2.43. The third-order valence-electron chi connectivity index (χ3n) is 10.8. The Bertz CT molecular complexity index is 2960. The van der Waals surface area contributed by atoms with Crippen LogP contribution in [0, 0.1) is 0 Å². The van der Waals surface area contributed by atoms with Gasteiger partial charge in [-0.3, -0.25) is 0 Å². The summed E-state index contributed by atoms with van der Waals surface area (Å²) in [5.74, 6) is 0. The van der Waals surface area contributed by atoms with E-state index >= 15 is 0 Å². The van der Waals surface area contributed by atoms with Gasteiger partial charge < -0.3 is 4.90 Å². The summed E-state index contributed by atoms with van der Waals surface area (Å²) in [4.78, 5) is 2.43. The Morgan fingerprint density at radius 3 is 1.56 bits per heavy atom. The number of rotatable bonds is 7. The molecule has 10 aromatic rings. The van der Waals surface area contributed by atoms with E-state index in [-0.39, 0.29) is 0 Å². The van der Waals surface area contributed by atoms with Crippen molar-refractivity contribution in [3.63, 3.8) is 0 Å². The summed E-state index contributed by atoms with van der Waals surface area (Å²) in [6, 6.07) is 81.6. The average molecular weight is 700 g/mol. The molecule has 0 aliphatic heterocycles. The van der Waals surface area contributed by atoms with Crippen LogP contribution in [-0.4, -0.2) is 0 Å². The minimum absolute atomic E-state index is 1.09. The van der Waals surface area contributed by atoms with Crippen molar-refractivity contribution >= 4 is 49.4 Å². The van der Waals surface area contributed by atoms with Crippen LogP contribution in [0.1, 0.15) is 0 Å². The minimum Gasteiger partial charge on any atom is -0.310 e. The molecular formula is C54H37N. The van der Waals surface area contributed by atoms with Crippen LogP contribution in [0.25, 0.3) is 76.8 Å². The SMILES string of the molecule is c1ccc(-c2ccc(-c3ccccc3)c(N(c3ccc(-c4cc5ccccc5c5ccccc45)cc3)c3cccc(-c4ccc5ccccc5c4)c3)c2)cc1. The zero-order valence-electron chi connectivity index (χ0n) is 30.3. The lowest BCUT2D eigenvalue weighted by Gasteiger charge is -2.29. The van der Waals surface area contributed by atoms with Crippen LogP contribution in [-0.2, 0) is 0 Å². The number of hydrogen-bond donors (Lipinski definition) is 0. The van der Waals surface area contributed by atoms with Crippen LogP contribution in [0.2, 0.25) is 0 Å². The van der Waals surface area contributed by atoms with Gasteiger partial charge in [0.25, 0.3) is 0 Å². The van der Waals surface area contributed by atoms with E-state index in [0.29, 0.717) is 0 Å². The summed E-state index contributed by atoms with van der Waals surface area (Å²) in [6.07, 6.45) is 0. The molecule has 55 heavy (non-hydrogen) atoms. The second-order valence-electron chi connectivity index (χ2n) is 14.1. The van der Waals surface area contributed by atoms with Gasteiger partial charge >= 0.3 is 0 Å². The van der Waals surface area contributed by atoms with Crippen molar-refractivity contribution in [1.29, 1.82) is 0 Å². The summed E-state index contributed by atoms with van der Waals surface area (Å²) < 4.78 is 0. The van der Waals surface area contributed by atoms with E-state index < -0.39 is 0 Å². The Kier molecular flexibility index (Phi) is 8.24. The lowest BCUT2D eigenvalue weighted by molar-refractivity contribution is 1.28. The first-order valence-corrected chi connectivity index (χ1v) is 18.9. The van der Waals surface area contributed by atoms with Crippen molar-refractivity contribution in [3.05, 3.63) is 224 Å². The molecule has 0 radical (unpaired) electrons. The molecule has 0 fully saturated rings. The van der Waals surface area contributed by atoms with Crippen molar-refractivity contribution < 1.29 is 0 Å². The largest absolute Gasteiger partial charge is 0.310 e. The molecule has 258 valence electrons. The molecule has 0 aromatic heterocycles. The van der Waals surface area contributed by atoms with Gasteiger partial charge in [0, 0.05) is 16.9 Å². The quantitative estimate of drug-likeness (QED) is 0.150. The predicted molar refractivity (Wildman–Crippen MR) is 235 cm³/mol. The van der Waals surface area contributed by atoms with E-state index in [9.17, 15) is 0 Å². The van der Waals surface area contributed by atoms with Crippen LogP contribution in [0.5, 0.6) is 0 Å². The number of hydrogen-bond acceptors (Lipinski definition) is 1. The molecule has 0 N–H and O–H groups in total. The molecule has 0 heterocycles. The van der Waals surface area contributed by atoms with Gasteiger partial charge in [0.05, 0.1) is 5.69 Å². The smallest absolute Gasteiger partial charge is 0.0546 e. The maximum atomic E-state index is 2.43. The molecule has 10 rings (SSSR count). The molecule has 0 saturated carbocycles. The van der Waals surface area contributed by atoms with E-state index in [1.165, 1.54) is 76.8 Å². The molecule has 1 nitrogen and oxygen atoms in total. The van der Waals surface area contributed by atoms with Gasteiger partial charge in [-0.25, -0.2) is 0 Å². The highest BCUT2D eigenvalue weighted by Crippen LogP contribution is 2.45. The van der Waals surface area contributed by atoms with Crippen molar-refractivity contribution in [3.8, 4) is 44.5 Å². The molecular weight excluding hydrogens is 663 g/mol. The third kappa shape index (κ3) is 6.12. The van der Waals surface area contributed by atoms with E-state index in [1.807, 2.05) is 0 Å². The molecule has 0 unspecified atom stereocenters. The Balaban J connectivity index is 1.17. The summed E-state index contributed by atoms with van der Waals surface area (Å²) in [7, 11) is 0. The Labute approximate surface area is 322 Å². The van der Waals surface area contributed by atoms with Gasteiger partial charge in [0.15, 0.2) is 0 Å². The normalized spacial score (nSPS) is 11.3. The highest BCUT2D eigenvalue weighted by molar-refractivity contribution is 6.13. The fourth-order valence-electron chi connectivity index (χ4n) is 8.09. The second kappa shape index (κ2) is 14.0. The van der Waals surface area contributed by atoms with Crippen LogP contribution in [0.15, 0.2) is 224 Å². The first kappa shape index (κ1) is 32.4. The van der Waals surface area contributed by atoms with Gasteiger partial charge in [0.1, 0.15) is 0 Å². The van der Waals surface area contributed by atoms with Crippen molar-refractivity contribution in [2.24, 2.45) is 0 Å². The molecule has 0 amide bonds. The summed E-state index contributed by atoms with van der Waals surface area (Å²) >= 11 is 0. The highest BCUT2D eigenvalue weighted by Gasteiger charge is 2.20. The van der Waals surface area contributed by atoms with Gasteiger partial charge in [-0.1, -0.05) is 182 Å². The van der Waals surface area contributed by atoms with Gasteiger partial charge in [-0.2, -0.15) is 0 Å². The fraction of sp³-hybridized carbons (Fsp3) is 0. The Morgan fingerprint density at radius 1 is 0.236 bits per heavy atom. The van der Waals surface area contributed by atoms with E-state index in [0.717, 1.165) is 17.1 Å². The summed E-state index contributed by atoms with van der Waals surface area (Å²) in [6.45, 7) is 0. The fourth-order valence-corrected chi connectivity index (χ4v) is 8.09. The summed E-state index contributed by atoms with van der Waals surface area (Å²) in [5.41, 5.74) is 12.8. The maximum Gasteiger partial charge on any atom is 0.0546 e. The van der Waals surface area contributed by atoms with Crippen molar-refractivity contribution in [1.82, 2.24) is 0 Å². The van der Waals surface area contributed by atoms with Crippen LogP contribution < -0.4 is 4.90 Å². The van der Waals surface area contributed by atoms with Crippen LogP contribution in [0.3, 0.4) is 0 Å². The van der Waals surface area contributed by atoms with Crippen molar-refractivity contribution in [2.45, 2.75) is 0 Å². The molecule has 10 aromatic carbocycles. The van der Waals surface area contributed by atoms with Crippen LogP contribution >= 0.6 is 0 Å². The number of nitrogens with zero attached hydrogens (tertiary/aromatic N) is 1. The van der Waals surface area contributed by atoms with Crippen LogP contribution in [0.4, 0.5) is 17.1 Å². The Hall–Kier alpha value is -7.22. The number of fused-ring (bicyclic) bond motifs is 4. The van der Waals surface area contributed by atoms with Gasteiger partial charge in [-0.15, -0.1) is 0 Å². The first-order chi connectivity index (χ1) is 27.3. The zero-order valence-corrected chi connectivity index (χ0v) is 30.3. The highest BCUT2D eigenvalue weighted by atomic mass is 15.1. The molecule has 0 aliphatic rings. The molecule has 0 spiro atoms. The lowest BCUT2D eigenvalue weighted by atomic mass is 9.93. The Morgan fingerprint density at radius 2 is 0.782 bits per heavy atom. The standard InChI is InChI=1S/C54H37N/c1-3-14-38(15-4-1)45-30-33-50(40-17-5-2-6-18-40)54(37-45)55(48-22-13-21-43(35-48)44-27-26-39-16-7-8-19-42(39)34-44)47-31-28-41(29-32-47)53-36-46-20-9-10-23-49(46)51-24-11-12-25-52(51)53/h1-37H. The van der Waals surface area contributed by atoms with Crippen molar-refractivity contribution in [2.75, 3.05) is 4.90 Å². The molecule has 0 aliphatic carbocycles. The van der Waals surface area contributed by atoms with E-state index in [1.54, 1.807) is 0 Å². The number of benzene rings is 10. The van der Waals surface area contributed by atoms with E-state index in [4.69, 9.17) is 0 Å². The molecule has 0 saturated heterocycles. The third-order valence-corrected chi connectivity index (χ3v) is 10.8.